The first-order chi connectivity index (χ1) is 5.84. The van der Waals surface area contributed by atoms with Crippen molar-refractivity contribution in [1.29, 1.82) is 0 Å². The predicted molar refractivity (Wildman–Crippen MR) is 45.2 cm³/mol. The Morgan fingerprint density at radius 1 is 1.23 bits per heavy atom. The van der Waals surface area contributed by atoms with Gasteiger partial charge in [-0.25, -0.2) is 4.39 Å². The summed E-state index contributed by atoms with van der Waals surface area (Å²) in [6.07, 6.45) is 0. The average Bonchev–Trinajstić information content (AvgIpc) is 1.98. The fourth-order valence-electron chi connectivity index (χ4n) is 1.04. The maximum atomic E-state index is 13.1. The normalized spacial score (nSPS) is 11.8. The van der Waals surface area contributed by atoms with E-state index in [1.165, 1.54) is 6.07 Å². The number of phenolic OH excluding ortho intramolecular Hbond substituents is 1. The first-order valence-electron chi connectivity index (χ1n) is 3.80. The van der Waals surface area contributed by atoms with Crippen LogP contribution >= 0.6 is 0 Å². The van der Waals surface area contributed by atoms with E-state index in [2.05, 4.69) is 0 Å². The lowest BCUT2D eigenvalue weighted by Crippen LogP contribution is -2.30. The summed E-state index contributed by atoms with van der Waals surface area (Å²) in [5.41, 5.74) is 4.67. The lowest BCUT2D eigenvalue weighted by Gasteiger charge is -2.20. The molecule has 13 heavy (non-hydrogen) atoms. The number of hydrogen-bond donors (Lipinski definition) is 2. The van der Waals surface area contributed by atoms with Gasteiger partial charge in [0.25, 0.3) is 0 Å². The summed E-state index contributed by atoms with van der Waals surface area (Å²) < 4.78 is 26.0. The van der Waals surface area contributed by atoms with Gasteiger partial charge in [0.1, 0.15) is 0 Å². The van der Waals surface area contributed by atoms with Gasteiger partial charge in [0, 0.05) is 11.1 Å². The molecule has 0 fully saturated rings. The van der Waals surface area contributed by atoms with Crippen molar-refractivity contribution >= 4 is 0 Å². The zero-order valence-electron chi connectivity index (χ0n) is 7.44. The Morgan fingerprint density at radius 2 is 1.77 bits per heavy atom. The van der Waals surface area contributed by atoms with Gasteiger partial charge >= 0.3 is 0 Å². The van der Waals surface area contributed by atoms with Crippen LogP contribution in [0.1, 0.15) is 19.4 Å². The number of benzene rings is 1. The molecule has 72 valence electrons. The average molecular weight is 187 g/mol. The van der Waals surface area contributed by atoms with Crippen LogP contribution in [0.5, 0.6) is 5.75 Å². The van der Waals surface area contributed by atoms with Crippen LogP contribution in [0.15, 0.2) is 12.1 Å². The number of nitrogens with two attached hydrogens (primary N) is 1. The van der Waals surface area contributed by atoms with E-state index in [0.29, 0.717) is 0 Å². The Hall–Kier alpha value is -1.16. The summed E-state index contributed by atoms with van der Waals surface area (Å²) in [5.74, 6) is -3.05. The monoisotopic (exact) mass is 187 g/mol. The predicted octanol–water partition coefficient (Wildman–Crippen LogP) is 1.86. The third-order valence-electron chi connectivity index (χ3n) is 1.76. The van der Waals surface area contributed by atoms with Gasteiger partial charge in [0.05, 0.1) is 0 Å². The molecule has 0 unspecified atom stereocenters. The van der Waals surface area contributed by atoms with Crippen LogP contribution in [0.25, 0.3) is 0 Å². The van der Waals surface area contributed by atoms with Crippen LogP contribution in [0.3, 0.4) is 0 Å². The van der Waals surface area contributed by atoms with Crippen LogP contribution in [-0.4, -0.2) is 5.11 Å². The molecule has 0 atom stereocenters. The second kappa shape index (κ2) is 2.96. The van der Waals surface area contributed by atoms with E-state index in [-0.39, 0.29) is 5.56 Å². The summed E-state index contributed by atoms with van der Waals surface area (Å²) in [5, 5.41) is 8.83. The molecule has 0 radical (unpaired) electrons. The maximum absolute atomic E-state index is 13.1. The Kier molecular flexibility index (Phi) is 2.26. The van der Waals surface area contributed by atoms with Crippen molar-refractivity contribution < 1.29 is 13.9 Å². The third-order valence-corrected chi connectivity index (χ3v) is 1.76. The van der Waals surface area contributed by atoms with Gasteiger partial charge in [0.15, 0.2) is 11.6 Å². The van der Waals surface area contributed by atoms with Crippen molar-refractivity contribution in [3.8, 4) is 5.75 Å². The molecule has 1 aromatic carbocycles. The quantitative estimate of drug-likeness (QED) is 0.704. The van der Waals surface area contributed by atoms with Gasteiger partial charge in [-0.3, -0.25) is 0 Å². The first kappa shape index (κ1) is 9.92. The van der Waals surface area contributed by atoms with Crippen molar-refractivity contribution in [1.82, 2.24) is 0 Å². The lowest BCUT2D eigenvalue weighted by molar-refractivity contribution is 0.393. The van der Waals surface area contributed by atoms with Gasteiger partial charge < -0.3 is 10.8 Å². The van der Waals surface area contributed by atoms with Crippen LogP contribution in [0.4, 0.5) is 8.78 Å². The molecular weight excluding hydrogens is 176 g/mol. The Labute approximate surface area is 75.0 Å². The number of aromatic hydroxyl groups is 1. The number of phenols is 1. The van der Waals surface area contributed by atoms with Gasteiger partial charge in [-0.1, -0.05) is 6.07 Å². The zero-order valence-corrected chi connectivity index (χ0v) is 7.44. The zero-order chi connectivity index (χ0) is 10.2. The van der Waals surface area contributed by atoms with Gasteiger partial charge in [-0.15, -0.1) is 0 Å². The fourth-order valence-corrected chi connectivity index (χ4v) is 1.04. The van der Waals surface area contributed by atoms with Crippen molar-refractivity contribution in [2.75, 3.05) is 0 Å². The molecule has 0 amide bonds. The molecule has 2 nitrogen and oxygen atoms in total. The van der Waals surface area contributed by atoms with Gasteiger partial charge in [0.2, 0.25) is 5.82 Å². The van der Waals surface area contributed by atoms with E-state index in [4.69, 9.17) is 10.8 Å². The number of halogens is 2. The second-order valence-corrected chi connectivity index (χ2v) is 3.48. The highest BCUT2D eigenvalue weighted by Crippen LogP contribution is 2.27. The molecular formula is C9H11F2NO. The molecule has 0 aliphatic heterocycles. The second-order valence-electron chi connectivity index (χ2n) is 3.48. The van der Waals surface area contributed by atoms with E-state index in [9.17, 15) is 8.78 Å². The molecule has 3 N–H and O–H groups in total. The highest BCUT2D eigenvalue weighted by atomic mass is 19.2. The van der Waals surface area contributed by atoms with E-state index >= 15 is 0 Å². The number of hydrogen-bond acceptors (Lipinski definition) is 2. The van der Waals surface area contributed by atoms with Crippen LogP contribution < -0.4 is 5.73 Å². The molecule has 0 bridgehead atoms. The Balaban J connectivity index is 3.35. The highest BCUT2D eigenvalue weighted by Gasteiger charge is 2.22. The fraction of sp³-hybridized carbons (Fsp3) is 0.333. The SMILES string of the molecule is CC(C)(N)c1ccc(O)c(F)c1F. The Bertz CT molecular complexity index is 331. The molecule has 0 aliphatic rings. The number of rotatable bonds is 1. The van der Waals surface area contributed by atoms with E-state index in [1.807, 2.05) is 0 Å². The highest BCUT2D eigenvalue weighted by molar-refractivity contribution is 5.33. The Morgan fingerprint density at radius 3 is 2.23 bits per heavy atom. The largest absolute Gasteiger partial charge is 0.505 e. The molecule has 4 heteroatoms. The molecule has 0 spiro atoms. The van der Waals surface area contributed by atoms with Crippen molar-refractivity contribution in [3.63, 3.8) is 0 Å². The van der Waals surface area contributed by atoms with Crippen LogP contribution in [0, 0.1) is 11.6 Å². The minimum Gasteiger partial charge on any atom is -0.505 e. The van der Waals surface area contributed by atoms with Gasteiger partial charge in [-0.05, 0) is 19.9 Å². The summed E-state index contributed by atoms with van der Waals surface area (Å²) in [4.78, 5) is 0. The minimum atomic E-state index is -1.25. The van der Waals surface area contributed by atoms with E-state index < -0.39 is 22.9 Å². The maximum Gasteiger partial charge on any atom is 0.200 e. The molecule has 0 aliphatic carbocycles. The molecule has 1 rings (SSSR count). The molecule has 0 saturated heterocycles. The summed E-state index contributed by atoms with van der Waals surface area (Å²) in [6, 6.07) is 2.36. The van der Waals surface area contributed by atoms with E-state index in [1.54, 1.807) is 13.8 Å². The first-order valence-corrected chi connectivity index (χ1v) is 3.80. The molecule has 0 aromatic heterocycles. The van der Waals surface area contributed by atoms with Crippen molar-refractivity contribution in [3.05, 3.63) is 29.3 Å². The molecule has 0 saturated carbocycles. The topological polar surface area (TPSA) is 46.2 Å². The van der Waals surface area contributed by atoms with Crippen LogP contribution in [0.2, 0.25) is 0 Å². The smallest absolute Gasteiger partial charge is 0.200 e. The molecule has 1 aromatic rings. The lowest BCUT2D eigenvalue weighted by atomic mass is 9.95. The summed E-state index contributed by atoms with van der Waals surface area (Å²) in [6.45, 7) is 3.11. The minimum absolute atomic E-state index is 0.0443. The summed E-state index contributed by atoms with van der Waals surface area (Å²) >= 11 is 0. The van der Waals surface area contributed by atoms with Crippen LogP contribution in [-0.2, 0) is 5.54 Å². The van der Waals surface area contributed by atoms with E-state index in [0.717, 1.165) is 6.07 Å². The standard InChI is InChI=1S/C9H11F2NO/c1-9(2,12)5-3-4-6(13)8(11)7(5)10/h3-4,13H,12H2,1-2H3. The van der Waals surface area contributed by atoms with Crippen molar-refractivity contribution in [2.45, 2.75) is 19.4 Å². The molecule has 0 heterocycles. The summed E-state index contributed by atoms with van der Waals surface area (Å²) in [7, 11) is 0. The third kappa shape index (κ3) is 1.78. The van der Waals surface area contributed by atoms with Crippen molar-refractivity contribution in [2.24, 2.45) is 5.73 Å². The van der Waals surface area contributed by atoms with Gasteiger partial charge in [-0.2, -0.15) is 4.39 Å².